The minimum absolute atomic E-state index is 0.149. The van der Waals surface area contributed by atoms with E-state index in [1.807, 2.05) is 0 Å². The number of esters is 1. The molecule has 5 nitrogen and oxygen atoms in total. The summed E-state index contributed by atoms with van der Waals surface area (Å²) in [6, 6.07) is -0.727. The molecule has 0 aliphatic rings. The van der Waals surface area contributed by atoms with Crippen LogP contribution in [0.15, 0.2) is 0 Å². The largest absolute Gasteiger partial charge is 0.467 e. The number of carbonyl (C=O) groups is 3. The lowest BCUT2D eigenvalue weighted by atomic mass is 10.0. The Kier molecular flexibility index (Phi) is 5.59. The summed E-state index contributed by atoms with van der Waals surface area (Å²) >= 11 is 0. The molecule has 86 valence electrons. The van der Waals surface area contributed by atoms with Crippen LogP contribution in [-0.2, 0) is 19.1 Å². The number of nitrogens with one attached hydrogen (secondary N) is 1. The number of hydrogen-bond donors (Lipinski definition) is 1. The number of hydrogen-bond acceptors (Lipinski definition) is 4. The minimum Gasteiger partial charge on any atom is -0.467 e. The second kappa shape index (κ2) is 6.16. The Hall–Kier alpha value is -1.39. The van der Waals surface area contributed by atoms with E-state index in [1.54, 1.807) is 6.92 Å². The van der Waals surface area contributed by atoms with E-state index >= 15 is 0 Å². The molecule has 0 saturated carbocycles. The van der Waals surface area contributed by atoms with E-state index in [0.29, 0.717) is 6.42 Å². The van der Waals surface area contributed by atoms with E-state index in [4.69, 9.17) is 0 Å². The molecule has 0 aromatic carbocycles. The number of rotatable bonds is 5. The summed E-state index contributed by atoms with van der Waals surface area (Å²) in [5, 5.41) is 2.41. The monoisotopic (exact) mass is 215 g/mol. The maximum atomic E-state index is 11.4. The van der Waals surface area contributed by atoms with Gasteiger partial charge in [-0.25, -0.2) is 4.79 Å². The number of ketones is 1. The van der Waals surface area contributed by atoms with Crippen molar-refractivity contribution in [2.24, 2.45) is 5.92 Å². The molecule has 0 fully saturated rings. The lowest BCUT2D eigenvalue weighted by molar-refractivity contribution is -0.145. The average molecular weight is 215 g/mol. The third-order valence-corrected chi connectivity index (χ3v) is 2.14. The highest BCUT2D eigenvalue weighted by Gasteiger charge is 2.23. The van der Waals surface area contributed by atoms with Crippen molar-refractivity contribution in [3.8, 4) is 0 Å². The van der Waals surface area contributed by atoms with E-state index in [9.17, 15) is 14.4 Å². The Morgan fingerprint density at radius 1 is 1.27 bits per heavy atom. The molecule has 0 saturated heterocycles. The number of carbonyl (C=O) groups excluding carboxylic acids is 3. The van der Waals surface area contributed by atoms with Gasteiger partial charge < -0.3 is 10.1 Å². The van der Waals surface area contributed by atoms with Gasteiger partial charge in [0.25, 0.3) is 0 Å². The highest BCUT2D eigenvalue weighted by atomic mass is 16.5. The first-order chi connectivity index (χ1) is 6.93. The Balaban J connectivity index is 4.24. The first kappa shape index (κ1) is 13.6. The van der Waals surface area contributed by atoms with Gasteiger partial charge in [-0.2, -0.15) is 0 Å². The highest BCUT2D eigenvalue weighted by molar-refractivity contribution is 6.01. The van der Waals surface area contributed by atoms with Gasteiger partial charge in [0, 0.05) is 6.42 Å². The summed E-state index contributed by atoms with van der Waals surface area (Å²) in [4.78, 5) is 33.6. The third kappa shape index (κ3) is 4.10. The predicted molar refractivity (Wildman–Crippen MR) is 54.1 cm³/mol. The van der Waals surface area contributed by atoms with Gasteiger partial charge in [0.05, 0.1) is 13.0 Å². The van der Waals surface area contributed by atoms with Gasteiger partial charge in [-0.3, -0.25) is 9.59 Å². The molecular weight excluding hydrogens is 198 g/mol. The zero-order valence-corrected chi connectivity index (χ0v) is 9.49. The molecule has 0 heterocycles. The Bertz CT molecular complexity index is 262. The Morgan fingerprint density at radius 2 is 1.80 bits per heavy atom. The van der Waals surface area contributed by atoms with Gasteiger partial charge >= 0.3 is 5.97 Å². The van der Waals surface area contributed by atoms with Crippen LogP contribution in [-0.4, -0.2) is 30.8 Å². The van der Waals surface area contributed by atoms with Crippen LogP contribution in [0.1, 0.15) is 27.2 Å². The maximum Gasteiger partial charge on any atom is 0.328 e. The molecule has 1 N–H and O–H groups in total. The molecule has 5 heteroatoms. The van der Waals surface area contributed by atoms with Crippen LogP contribution in [0.25, 0.3) is 0 Å². The number of ether oxygens (including phenoxy) is 1. The average Bonchev–Trinajstić information content (AvgIpc) is 2.25. The van der Waals surface area contributed by atoms with Gasteiger partial charge in [-0.1, -0.05) is 6.92 Å². The Labute approximate surface area is 89.2 Å². The van der Waals surface area contributed by atoms with Crippen molar-refractivity contribution in [2.45, 2.75) is 33.2 Å². The van der Waals surface area contributed by atoms with E-state index in [2.05, 4.69) is 10.1 Å². The van der Waals surface area contributed by atoms with Crippen LogP contribution < -0.4 is 5.32 Å². The van der Waals surface area contributed by atoms with E-state index in [-0.39, 0.29) is 5.78 Å². The predicted octanol–water partition coefficient (Wildman–Crippen LogP) is 0.279. The molecule has 15 heavy (non-hydrogen) atoms. The van der Waals surface area contributed by atoms with E-state index in [0.717, 1.165) is 0 Å². The van der Waals surface area contributed by atoms with Crippen LogP contribution >= 0.6 is 0 Å². The van der Waals surface area contributed by atoms with E-state index < -0.39 is 23.8 Å². The van der Waals surface area contributed by atoms with Crippen LogP contribution in [0.5, 0.6) is 0 Å². The molecular formula is C10H17NO4. The second-order valence-corrected chi connectivity index (χ2v) is 3.29. The van der Waals surface area contributed by atoms with Crippen molar-refractivity contribution < 1.29 is 19.1 Å². The molecule has 0 rings (SSSR count). The SMILES string of the molecule is CCC(=O)C(C)C(=O)NC(C)C(=O)OC. The van der Waals surface area contributed by atoms with Gasteiger partial charge in [-0.15, -0.1) is 0 Å². The molecule has 0 aliphatic carbocycles. The molecule has 2 unspecified atom stereocenters. The van der Waals surface area contributed by atoms with Crippen LogP contribution in [0.2, 0.25) is 0 Å². The van der Waals surface area contributed by atoms with Gasteiger partial charge in [0.15, 0.2) is 0 Å². The summed E-state index contributed by atoms with van der Waals surface area (Å²) in [6.45, 7) is 4.72. The number of methoxy groups -OCH3 is 1. The molecule has 2 atom stereocenters. The molecule has 0 spiro atoms. The molecule has 0 aromatic rings. The molecule has 0 aliphatic heterocycles. The topological polar surface area (TPSA) is 72.5 Å². The normalized spacial score (nSPS) is 13.9. The molecule has 1 amide bonds. The lowest BCUT2D eigenvalue weighted by Gasteiger charge is -2.14. The zero-order chi connectivity index (χ0) is 12.0. The van der Waals surface area contributed by atoms with Crippen molar-refractivity contribution in [3.63, 3.8) is 0 Å². The summed E-state index contributed by atoms with van der Waals surface area (Å²) < 4.78 is 4.44. The summed E-state index contributed by atoms with van der Waals surface area (Å²) in [7, 11) is 1.24. The summed E-state index contributed by atoms with van der Waals surface area (Å²) in [5.41, 5.74) is 0. The van der Waals surface area contributed by atoms with Crippen LogP contribution in [0, 0.1) is 5.92 Å². The fourth-order valence-corrected chi connectivity index (χ4v) is 1.03. The zero-order valence-electron chi connectivity index (χ0n) is 9.49. The van der Waals surface area contributed by atoms with E-state index in [1.165, 1.54) is 21.0 Å². The first-order valence-corrected chi connectivity index (χ1v) is 4.84. The smallest absolute Gasteiger partial charge is 0.328 e. The third-order valence-electron chi connectivity index (χ3n) is 2.14. The summed E-state index contributed by atoms with van der Waals surface area (Å²) in [5.74, 6) is -1.84. The fraction of sp³-hybridized carbons (Fsp3) is 0.700. The van der Waals surface area contributed by atoms with Crippen molar-refractivity contribution in [3.05, 3.63) is 0 Å². The van der Waals surface area contributed by atoms with Crippen molar-refractivity contribution in [1.29, 1.82) is 0 Å². The highest BCUT2D eigenvalue weighted by Crippen LogP contribution is 2.01. The van der Waals surface area contributed by atoms with Crippen LogP contribution in [0.4, 0.5) is 0 Å². The minimum atomic E-state index is -0.727. The second-order valence-electron chi connectivity index (χ2n) is 3.29. The van der Waals surface area contributed by atoms with Crippen LogP contribution in [0.3, 0.4) is 0 Å². The number of Topliss-reactive ketones (excluding diaryl/α,β-unsaturated/α-hetero) is 1. The van der Waals surface area contributed by atoms with Gasteiger partial charge in [0.2, 0.25) is 5.91 Å². The molecule has 0 bridgehead atoms. The quantitative estimate of drug-likeness (QED) is 0.528. The standard InChI is InChI=1S/C10H17NO4/c1-5-8(12)6(2)9(13)11-7(3)10(14)15-4/h6-7H,5H2,1-4H3,(H,11,13). The maximum absolute atomic E-state index is 11.4. The lowest BCUT2D eigenvalue weighted by Crippen LogP contribution is -2.43. The summed E-state index contributed by atoms with van der Waals surface area (Å²) in [6.07, 6.45) is 0.307. The Morgan fingerprint density at radius 3 is 2.20 bits per heavy atom. The fourth-order valence-electron chi connectivity index (χ4n) is 1.03. The molecule has 0 radical (unpaired) electrons. The van der Waals surface area contributed by atoms with Crippen molar-refractivity contribution in [1.82, 2.24) is 5.32 Å². The van der Waals surface area contributed by atoms with Crippen molar-refractivity contribution >= 4 is 17.7 Å². The molecule has 0 aromatic heterocycles. The van der Waals surface area contributed by atoms with Gasteiger partial charge in [-0.05, 0) is 13.8 Å². The first-order valence-electron chi connectivity index (χ1n) is 4.84. The van der Waals surface area contributed by atoms with Crippen molar-refractivity contribution in [2.75, 3.05) is 7.11 Å². The number of amides is 1. The van der Waals surface area contributed by atoms with Gasteiger partial charge in [0.1, 0.15) is 11.8 Å².